The summed E-state index contributed by atoms with van der Waals surface area (Å²) in [6, 6.07) is 13.5. The minimum atomic E-state index is -0.648. The van der Waals surface area contributed by atoms with Crippen LogP contribution in [0.3, 0.4) is 0 Å². The SMILES string of the molecule is C=CCOc1ccccc1C=C1N=C(c2ccc(N(C(C)=O)C(=O)c3ncn[nH]3)cc2)OC1=O. The Balaban J connectivity index is 1.59. The fourth-order valence-electron chi connectivity index (χ4n) is 3.17. The van der Waals surface area contributed by atoms with Gasteiger partial charge >= 0.3 is 11.9 Å². The van der Waals surface area contributed by atoms with E-state index in [1.807, 2.05) is 12.1 Å². The van der Waals surface area contributed by atoms with Crippen LogP contribution in [0, 0.1) is 0 Å². The summed E-state index contributed by atoms with van der Waals surface area (Å²) in [4.78, 5) is 46.1. The molecule has 0 fully saturated rings. The Bertz CT molecular complexity index is 1310. The zero-order chi connectivity index (χ0) is 24.1. The Kier molecular flexibility index (Phi) is 6.40. The maximum atomic E-state index is 12.6. The van der Waals surface area contributed by atoms with Crippen molar-refractivity contribution in [1.29, 1.82) is 0 Å². The number of hydrogen-bond donors (Lipinski definition) is 1. The number of imide groups is 1. The molecule has 0 atom stereocenters. The number of aromatic amines is 1. The average Bonchev–Trinajstić information content (AvgIpc) is 3.49. The van der Waals surface area contributed by atoms with E-state index >= 15 is 0 Å². The molecule has 1 aromatic heterocycles. The van der Waals surface area contributed by atoms with Crippen molar-refractivity contribution < 1.29 is 23.9 Å². The van der Waals surface area contributed by atoms with Crippen LogP contribution in [0.1, 0.15) is 28.7 Å². The van der Waals surface area contributed by atoms with Crippen LogP contribution in [-0.2, 0) is 14.3 Å². The van der Waals surface area contributed by atoms with Crippen molar-refractivity contribution in [3.63, 3.8) is 0 Å². The van der Waals surface area contributed by atoms with Crippen molar-refractivity contribution in [1.82, 2.24) is 15.2 Å². The fourth-order valence-corrected chi connectivity index (χ4v) is 3.17. The van der Waals surface area contributed by atoms with E-state index in [1.54, 1.807) is 48.6 Å². The number of anilines is 1. The van der Waals surface area contributed by atoms with Crippen LogP contribution >= 0.6 is 0 Å². The van der Waals surface area contributed by atoms with Crippen molar-refractivity contribution >= 4 is 35.4 Å². The number of hydrogen-bond acceptors (Lipinski definition) is 8. The van der Waals surface area contributed by atoms with Crippen LogP contribution in [0.15, 0.2) is 78.2 Å². The molecule has 2 amide bonds. The Morgan fingerprint density at radius 2 is 1.94 bits per heavy atom. The van der Waals surface area contributed by atoms with Crippen molar-refractivity contribution in [3.8, 4) is 5.75 Å². The number of esters is 1. The molecule has 3 aromatic rings. The highest BCUT2D eigenvalue weighted by atomic mass is 16.6. The monoisotopic (exact) mass is 457 g/mol. The van der Waals surface area contributed by atoms with Gasteiger partial charge in [-0.25, -0.2) is 19.7 Å². The standard InChI is InChI=1S/C24H19N5O5/c1-3-12-33-20-7-5-4-6-17(20)13-19-24(32)34-22(27-19)16-8-10-18(11-9-16)29(15(2)30)23(31)21-25-14-26-28-21/h3-11,13-14H,1,12H2,2H3,(H,25,26,28). The Labute approximate surface area is 194 Å². The van der Waals surface area contributed by atoms with E-state index in [1.165, 1.54) is 13.3 Å². The second-order valence-electron chi connectivity index (χ2n) is 7.01. The van der Waals surface area contributed by atoms with E-state index in [0.717, 1.165) is 4.90 Å². The van der Waals surface area contributed by atoms with Crippen molar-refractivity contribution in [2.24, 2.45) is 4.99 Å². The quantitative estimate of drug-likeness (QED) is 0.328. The van der Waals surface area contributed by atoms with E-state index in [0.29, 0.717) is 29.2 Å². The van der Waals surface area contributed by atoms with E-state index < -0.39 is 17.8 Å². The number of H-pyrrole nitrogens is 1. The molecular formula is C24H19N5O5. The van der Waals surface area contributed by atoms with Gasteiger partial charge in [0, 0.05) is 18.1 Å². The highest BCUT2D eigenvalue weighted by Gasteiger charge is 2.27. The first-order valence-corrected chi connectivity index (χ1v) is 10.1. The Morgan fingerprint density at radius 1 is 1.18 bits per heavy atom. The van der Waals surface area contributed by atoms with E-state index in [9.17, 15) is 14.4 Å². The number of cyclic esters (lactones) is 1. The lowest BCUT2D eigenvalue weighted by atomic mass is 10.1. The number of carbonyl (C=O) groups excluding carboxylic acids is 3. The molecule has 10 nitrogen and oxygen atoms in total. The van der Waals surface area contributed by atoms with Gasteiger partial charge in [-0.15, -0.1) is 0 Å². The average molecular weight is 457 g/mol. The summed E-state index contributed by atoms with van der Waals surface area (Å²) >= 11 is 0. The molecule has 0 unspecified atom stereocenters. The van der Waals surface area contributed by atoms with Crippen LogP contribution in [0.4, 0.5) is 5.69 Å². The number of para-hydroxylation sites is 1. The minimum absolute atomic E-state index is 0.0690. The molecule has 2 heterocycles. The van der Waals surface area contributed by atoms with Gasteiger partial charge in [-0.2, -0.15) is 5.10 Å². The van der Waals surface area contributed by atoms with Gasteiger partial charge in [0.2, 0.25) is 17.6 Å². The van der Waals surface area contributed by atoms with Crippen LogP contribution in [0.2, 0.25) is 0 Å². The number of carbonyl (C=O) groups is 3. The lowest BCUT2D eigenvalue weighted by Crippen LogP contribution is -2.36. The zero-order valence-corrected chi connectivity index (χ0v) is 18.1. The lowest BCUT2D eigenvalue weighted by Gasteiger charge is -2.18. The third-order valence-electron chi connectivity index (χ3n) is 4.70. The van der Waals surface area contributed by atoms with Gasteiger partial charge in [0.25, 0.3) is 0 Å². The van der Waals surface area contributed by atoms with Crippen LogP contribution in [0.25, 0.3) is 6.08 Å². The highest BCUT2D eigenvalue weighted by Crippen LogP contribution is 2.26. The van der Waals surface area contributed by atoms with E-state index in [2.05, 4.69) is 26.8 Å². The number of aliphatic imine (C=N–C) groups is 1. The second kappa shape index (κ2) is 9.74. The molecule has 4 rings (SSSR count). The van der Waals surface area contributed by atoms with Gasteiger partial charge in [0.1, 0.15) is 18.7 Å². The predicted molar refractivity (Wildman–Crippen MR) is 123 cm³/mol. The van der Waals surface area contributed by atoms with Crippen molar-refractivity contribution in [2.75, 3.05) is 11.5 Å². The largest absolute Gasteiger partial charge is 0.489 e. The van der Waals surface area contributed by atoms with Crippen molar-refractivity contribution in [3.05, 3.63) is 90.2 Å². The molecule has 1 N–H and O–H groups in total. The highest BCUT2D eigenvalue weighted by molar-refractivity contribution is 6.19. The minimum Gasteiger partial charge on any atom is -0.489 e. The molecule has 0 spiro atoms. The van der Waals surface area contributed by atoms with Gasteiger partial charge in [0.05, 0.1) is 5.69 Å². The maximum Gasteiger partial charge on any atom is 0.363 e. The smallest absolute Gasteiger partial charge is 0.363 e. The first kappa shape index (κ1) is 22.3. The van der Waals surface area contributed by atoms with Crippen LogP contribution in [0.5, 0.6) is 5.75 Å². The number of nitrogens with zero attached hydrogens (tertiary/aromatic N) is 4. The second-order valence-corrected chi connectivity index (χ2v) is 7.01. The Hall–Kier alpha value is -4.86. The van der Waals surface area contributed by atoms with Crippen LogP contribution in [-0.4, -0.2) is 45.5 Å². The topological polar surface area (TPSA) is 127 Å². The Morgan fingerprint density at radius 3 is 2.62 bits per heavy atom. The van der Waals surface area contributed by atoms with Gasteiger partial charge in [-0.05, 0) is 36.4 Å². The summed E-state index contributed by atoms with van der Waals surface area (Å²) in [5, 5.41) is 6.07. The molecule has 1 aliphatic rings. The molecule has 34 heavy (non-hydrogen) atoms. The first-order valence-electron chi connectivity index (χ1n) is 10.1. The molecule has 0 aliphatic carbocycles. The molecule has 1 aliphatic heterocycles. The maximum absolute atomic E-state index is 12.6. The van der Waals surface area contributed by atoms with Gasteiger partial charge in [-0.3, -0.25) is 14.7 Å². The van der Waals surface area contributed by atoms with Gasteiger partial charge < -0.3 is 9.47 Å². The third kappa shape index (κ3) is 4.65. The molecule has 10 heteroatoms. The van der Waals surface area contributed by atoms with Gasteiger partial charge in [0.15, 0.2) is 5.70 Å². The van der Waals surface area contributed by atoms with E-state index in [4.69, 9.17) is 9.47 Å². The lowest BCUT2D eigenvalue weighted by molar-refractivity contribution is -0.130. The fraction of sp³-hybridized carbons (Fsp3) is 0.0833. The molecule has 0 saturated carbocycles. The molecule has 2 aromatic carbocycles. The number of aromatic nitrogens is 3. The number of benzene rings is 2. The predicted octanol–water partition coefficient (Wildman–Crippen LogP) is 2.91. The summed E-state index contributed by atoms with van der Waals surface area (Å²) in [5.41, 5.74) is 1.58. The molecule has 170 valence electrons. The number of ether oxygens (including phenoxy) is 2. The van der Waals surface area contributed by atoms with Crippen molar-refractivity contribution in [2.45, 2.75) is 6.92 Å². The van der Waals surface area contributed by atoms with Gasteiger partial charge in [-0.1, -0.05) is 30.9 Å². The number of amides is 2. The summed E-state index contributed by atoms with van der Waals surface area (Å²) in [7, 11) is 0. The summed E-state index contributed by atoms with van der Waals surface area (Å²) < 4.78 is 10.9. The number of nitrogens with one attached hydrogen (secondary N) is 1. The normalized spacial score (nSPS) is 13.9. The summed E-state index contributed by atoms with van der Waals surface area (Å²) in [6.07, 6.45) is 4.38. The van der Waals surface area contributed by atoms with Crippen LogP contribution < -0.4 is 9.64 Å². The molecule has 0 bridgehead atoms. The first-order chi connectivity index (χ1) is 16.5. The molecular weight excluding hydrogens is 438 g/mol. The number of rotatable bonds is 7. The summed E-state index contributed by atoms with van der Waals surface area (Å²) in [6.45, 7) is 5.21. The molecule has 0 radical (unpaired) electrons. The third-order valence-corrected chi connectivity index (χ3v) is 4.70. The van der Waals surface area contributed by atoms with E-state index in [-0.39, 0.29) is 17.4 Å². The summed E-state index contributed by atoms with van der Waals surface area (Å²) in [5.74, 6) is -1.14. The molecule has 0 saturated heterocycles. The zero-order valence-electron chi connectivity index (χ0n) is 18.1.